The van der Waals surface area contributed by atoms with Crippen LogP contribution in [0.15, 0.2) is 47.4 Å². The minimum Gasteiger partial charge on any atom is -0.349 e. The Morgan fingerprint density at radius 3 is 2.63 bits per heavy atom. The quantitative estimate of drug-likeness (QED) is 0.429. The van der Waals surface area contributed by atoms with E-state index in [1.165, 1.54) is 11.1 Å². The number of nitrogens with zero attached hydrogens (tertiary/aromatic N) is 6. The second-order valence-electron chi connectivity index (χ2n) is 11.2. The van der Waals surface area contributed by atoms with Crippen LogP contribution in [0.2, 0.25) is 0 Å². The number of anilines is 2. The predicted octanol–water partition coefficient (Wildman–Crippen LogP) is 4.23. The highest BCUT2D eigenvalue weighted by Crippen LogP contribution is 2.30. The van der Waals surface area contributed by atoms with Gasteiger partial charge in [-0.1, -0.05) is 32.9 Å². The van der Waals surface area contributed by atoms with E-state index in [0.29, 0.717) is 29.3 Å². The van der Waals surface area contributed by atoms with Gasteiger partial charge in [-0.05, 0) is 61.6 Å². The van der Waals surface area contributed by atoms with E-state index in [1.807, 2.05) is 45.3 Å². The highest BCUT2D eigenvalue weighted by atomic mass is 16.2. The van der Waals surface area contributed by atoms with Crippen LogP contribution >= 0.6 is 0 Å². The minimum absolute atomic E-state index is 0.0341. The van der Waals surface area contributed by atoms with Crippen LogP contribution in [0.3, 0.4) is 0 Å². The third kappa shape index (κ3) is 4.68. The van der Waals surface area contributed by atoms with Crippen molar-refractivity contribution in [2.75, 3.05) is 19.4 Å². The molecule has 9 nitrogen and oxygen atoms in total. The number of pyridine rings is 1. The lowest BCUT2D eigenvalue weighted by Crippen LogP contribution is -2.33. The Morgan fingerprint density at radius 2 is 1.92 bits per heavy atom. The van der Waals surface area contributed by atoms with Gasteiger partial charge in [-0.2, -0.15) is 4.98 Å². The first-order chi connectivity index (χ1) is 18.1. The maximum atomic E-state index is 13.2. The first-order valence-electron chi connectivity index (χ1n) is 13.1. The first-order valence-corrected chi connectivity index (χ1v) is 13.1. The van der Waals surface area contributed by atoms with Crippen LogP contribution < -0.4 is 10.9 Å². The number of benzene rings is 1. The van der Waals surface area contributed by atoms with Crippen molar-refractivity contribution in [2.24, 2.45) is 5.92 Å². The molecule has 1 aromatic carbocycles. The van der Waals surface area contributed by atoms with Gasteiger partial charge < -0.3 is 10.2 Å². The van der Waals surface area contributed by atoms with Gasteiger partial charge >= 0.3 is 0 Å². The summed E-state index contributed by atoms with van der Waals surface area (Å²) in [6.07, 6.45) is 4.03. The highest BCUT2D eigenvalue weighted by molar-refractivity contribution is 5.79. The van der Waals surface area contributed by atoms with Crippen LogP contribution in [0, 0.1) is 5.92 Å². The fourth-order valence-corrected chi connectivity index (χ4v) is 5.10. The van der Waals surface area contributed by atoms with E-state index in [2.05, 4.69) is 43.2 Å². The summed E-state index contributed by atoms with van der Waals surface area (Å²) < 4.78 is 3.43. The summed E-state index contributed by atoms with van der Waals surface area (Å²) in [5.74, 6) is 1.27. The van der Waals surface area contributed by atoms with Gasteiger partial charge in [0.2, 0.25) is 11.9 Å². The van der Waals surface area contributed by atoms with Crippen molar-refractivity contribution in [2.45, 2.75) is 58.9 Å². The lowest BCUT2D eigenvalue weighted by Gasteiger charge is -2.26. The molecule has 1 atom stereocenters. The molecule has 1 aliphatic carbocycles. The second-order valence-corrected chi connectivity index (χ2v) is 11.2. The fraction of sp³-hybridized carbons (Fsp3) is 0.414. The zero-order valence-electron chi connectivity index (χ0n) is 22.9. The monoisotopic (exact) mass is 513 g/mol. The van der Waals surface area contributed by atoms with E-state index in [-0.39, 0.29) is 22.8 Å². The van der Waals surface area contributed by atoms with Crippen molar-refractivity contribution < 1.29 is 4.79 Å². The minimum atomic E-state index is -0.146. The molecule has 1 amide bonds. The van der Waals surface area contributed by atoms with E-state index < -0.39 is 0 Å². The van der Waals surface area contributed by atoms with Gasteiger partial charge in [-0.25, -0.2) is 19.3 Å². The first kappa shape index (κ1) is 25.6. The van der Waals surface area contributed by atoms with Crippen molar-refractivity contribution in [3.63, 3.8) is 0 Å². The van der Waals surface area contributed by atoms with Crippen LogP contribution in [0.1, 0.15) is 50.9 Å². The molecule has 38 heavy (non-hydrogen) atoms. The van der Waals surface area contributed by atoms with E-state index in [1.54, 1.807) is 20.5 Å². The van der Waals surface area contributed by atoms with Crippen LogP contribution in [0.25, 0.3) is 16.9 Å². The summed E-state index contributed by atoms with van der Waals surface area (Å²) in [5, 5.41) is 3.76. The summed E-state index contributed by atoms with van der Waals surface area (Å²) >= 11 is 0. The Kier molecular flexibility index (Phi) is 6.54. The number of carbonyl (C=O) groups is 1. The number of nitrogens with one attached hydrogen (secondary N) is 1. The standard InChI is InChI=1S/C29H35N7O2/c1-7-35-27(38)22-17-30-28(33-25(22)36(35)24-10-8-9-23(32-24)29(2,3)4)31-21-14-13-18-15-20(26(37)34(5)6)12-11-19(18)16-21/h8-10,13-14,16-17,20H,7,11-12,15H2,1-6H3,(H,30,31,33). The van der Waals surface area contributed by atoms with Gasteiger partial charge in [-0.15, -0.1) is 0 Å². The summed E-state index contributed by atoms with van der Waals surface area (Å²) in [6.45, 7) is 8.75. The van der Waals surface area contributed by atoms with Gasteiger partial charge in [-0.3, -0.25) is 9.59 Å². The van der Waals surface area contributed by atoms with E-state index in [4.69, 9.17) is 9.97 Å². The number of aromatic nitrogens is 5. The average molecular weight is 514 g/mol. The number of fused-ring (bicyclic) bond motifs is 2. The third-order valence-electron chi connectivity index (χ3n) is 7.18. The number of carbonyl (C=O) groups excluding carboxylic acids is 1. The van der Waals surface area contributed by atoms with Crippen molar-refractivity contribution in [1.82, 2.24) is 29.2 Å². The zero-order chi connectivity index (χ0) is 27.2. The van der Waals surface area contributed by atoms with Crippen LogP contribution in [0.4, 0.5) is 11.6 Å². The van der Waals surface area contributed by atoms with Crippen LogP contribution in [-0.2, 0) is 29.6 Å². The molecule has 3 heterocycles. The summed E-state index contributed by atoms with van der Waals surface area (Å²) in [4.78, 5) is 41.4. The molecule has 0 saturated carbocycles. The largest absolute Gasteiger partial charge is 0.349 e. The average Bonchev–Trinajstić information content (AvgIpc) is 3.18. The molecule has 1 N–H and O–H groups in total. The Hall–Kier alpha value is -4.01. The van der Waals surface area contributed by atoms with Crippen molar-refractivity contribution >= 4 is 28.6 Å². The highest BCUT2D eigenvalue weighted by Gasteiger charge is 2.26. The van der Waals surface area contributed by atoms with Crippen molar-refractivity contribution in [3.8, 4) is 5.82 Å². The van der Waals surface area contributed by atoms with Gasteiger partial charge in [0.15, 0.2) is 11.5 Å². The number of aryl methyl sites for hydroxylation is 1. The van der Waals surface area contributed by atoms with Crippen molar-refractivity contribution in [3.05, 3.63) is 69.8 Å². The molecule has 1 aliphatic rings. The molecule has 0 fully saturated rings. The molecule has 4 aromatic rings. The third-order valence-corrected chi connectivity index (χ3v) is 7.18. The maximum Gasteiger partial charge on any atom is 0.278 e. The number of rotatable bonds is 5. The summed E-state index contributed by atoms with van der Waals surface area (Å²) in [7, 11) is 3.63. The van der Waals surface area contributed by atoms with Crippen LogP contribution in [0.5, 0.6) is 0 Å². The Labute approximate surface area is 222 Å². The Morgan fingerprint density at radius 1 is 1.13 bits per heavy atom. The number of hydrogen-bond donors (Lipinski definition) is 1. The van der Waals surface area contributed by atoms with Gasteiger partial charge in [0.1, 0.15) is 5.39 Å². The topological polar surface area (TPSA) is 97.9 Å². The summed E-state index contributed by atoms with van der Waals surface area (Å²) in [6, 6.07) is 12.0. The second kappa shape index (κ2) is 9.70. The molecule has 3 aromatic heterocycles. The molecule has 1 unspecified atom stereocenters. The van der Waals surface area contributed by atoms with Crippen molar-refractivity contribution in [1.29, 1.82) is 0 Å². The van der Waals surface area contributed by atoms with E-state index in [0.717, 1.165) is 30.6 Å². The van der Waals surface area contributed by atoms with Gasteiger partial charge in [0, 0.05) is 49.6 Å². The predicted molar refractivity (Wildman–Crippen MR) is 149 cm³/mol. The van der Waals surface area contributed by atoms with Crippen LogP contribution in [-0.4, -0.2) is 49.2 Å². The van der Waals surface area contributed by atoms with Gasteiger partial charge in [0.25, 0.3) is 5.56 Å². The lowest BCUT2D eigenvalue weighted by atomic mass is 9.83. The van der Waals surface area contributed by atoms with Gasteiger partial charge in [0.05, 0.1) is 0 Å². The van der Waals surface area contributed by atoms with E-state index in [9.17, 15) is 9.59 Å². The molecule has 0 bridgehead atoms. The molecule has 9 heteroatoms. The molecule has 5 rings (SSSR count). The zero-order valence-corrected chi connectivity index (χ0v) is 22.9. The fourth-order valence-electron chi connectivity index (χ4n) is 5.10. The Bertz CT molecular complexity index is 1580. The maximum absolute atomic E-state index is 13.2. The molecule has 0 saturated heterocycles. The molecule has 0 aliphatic heterocycles. The number of amides is 1. The molecule has 198 valence electrons. The Balaban J connectivity index is 1.49. The molecule has 0 radical (unpaired) electrons. The molecular weight excluding hydrogens is 478 g/mol. The molecule has 0 spiro atoms. The number of hydrogen-bond acceptors (Lipinski definition) is 6. The lowest BCUT2D eigenvalue weighted by molar-refractivity contribution is -0.133. The van der Waals surface area contributed by atoms with E-state index >= 15 is 0 Å². The SMILES string of the molecule is CCn1c(=O)c2cnc(Nc3ccc4c(c3)CCC(C(=O)N(C)C)C4)nc2n1-c1cccc(C(C)(C)C)n1. The normalized spacial score (nSPS) is 15.4. The molecular formula is C29H35N7O2. The summed E-state index contributed by atoms with van der Waals surface area (Å²) in [5.41, 5.74) is 4.47. The smallest absolute Gasteiger partial charge is 0.278 e.